The Morgan fingerprint density at radius 1 is 1.33 bits per heavy atom. The predicted octanol–water partition coefficient (Wildman–Crippen LogP) is 2.34. The number of nitriles is 1. The average molecular weight is 330 g/mol. The predicted molar refractivity (Wildman–Crippen MR) is 84.7 cm³/mol. The monoisotopic (exact) mass is 330 g/mol. The van der Waals surface area contributed by atoms with Crippen molar-refractivity contribution in [2.45, 2.75) is 19.8 Å². The number of hydrogen-bond acceptors (Lipinski definition) is 7. The van der Waals surface area contributed by atoms with E-state index in [1.807, 2.05) is 0 Å². The van der Waals surface area contributed by atoms with Gasteiger partial charge >= 0.3 is 5.97 Å². The van der Waals surface area contributed by atoms with E-state index in [0.29, 0.717) is 42.2 Å². The van der Waals surface area contributed by atoms with Crippen LogP contribution in [-0.4, -0.2) is 41.7 Å². The lowest BCUT2D eigenvalue weighted by atomic mass is 10.1. The lowest BCUT2D eigenvalue weighted by Crippen LogP contribution is -2.07. The van der Waals surface area contributed by atoms with E-state index >= 15 is 0 Å². The van der Waals surface area contributed by atoms with E-state index in [9.17, 15) is 4.79 Å². The molecule has 0 atom stereocenters. The fourth-order valence-corrected chi connectivity index (χ4v) is 2.04. The molecular formula is C16H18N4O4. The highest BCUT2D eigenvalue weighted by Crippen LogP contribution is 2.33. The Bertz CT molecular complexity index is 736. The SMILES string of the molecule is CCOC(=O)c1n[nH]nc1-c1ccc(OC)c(OCCCC#N)c1. The molecule has 1 aromatic heterocycles. The topological polar surface area (TPSA) is 110 Å². The minimum Gasteiger partial charge on any atom is -0.493 e. The number of carbonyl (C=O) groups is 1. The van der Waals surface area contributed by atoms with Gasteiger partial charge in [-0.15, -0.1) is 5.10 Å². The normalized spacial score (nSPS) is 10.0. The molecule has 0 aliphatic heterocycles. The van der Waals surface area contributed by atoms with Crippen molar-refractivity contribution in [1.82, 2.24) is 15.4 Å². The third-order valence-electron chi connectivity index (χ3n) is 3.14. The first-order chi connectivity index (χ1) is 11.7. The Kier molecular flexibility index (Phi) is 6.14. The standard InChI is InChI=1S/C16H18N4O4/c1-3-23-16(21)15-14(18-20-19-15)11-6-7-12(22-2)13(10-11)24-9-5-4-8-17/h6-7,10H,3-5,9H2,1-2H3,(H,18,19,20). The largest absolute Gasteiger partial charge is 0.493 e. The third-order valence-corrected chi connectivity index (χ3v) is 3.14. The summed E-state index contributed by atoms with van der Waals surface area (Å²) in [4.78, 5) is 11.9. The quantitative estimate of drug-likeness (QED) is 0.584. The van der Waals surface area contributed by atoms with Crippen molar-refractivity contribution in [1.29, 1.82) is 5.26 Å². The van der Waals surface area contributed by atoms with Crippen LogP contribution in [-0.2, 0) is 4.74 Å². The summed E-state index contributed by atoms with van der Waals surface area (Å²) in [6.07, 6.45) is 1.03. The number of H-pyrrole nitrogens is 1. The van der Waals surface area contributed by atoms with Crippen LogP contribution in [0.25, 0.3) is 11.3 Å². The van der Waals surface area contributed by atoms with Crippen molar-refractivity contribution in [3.05, 3.63) is 23.9 Å². The van der Waals surface area contributed by atoms with Crippen molar-refractivity contribution in [3.8, 4) is 28.8 Å². The van der Waals surface area contributed by atoms with Gasteiger partial charge in [0.1, 0.15) is 5.69 Å². The van der Waals surface area contributed by atoms with E-state index in [4.69, 9.17) is 19.5 Å². The number of hydrogen-bond donors (Lipinski definition) is 1. The molecule has 2 aromatic rings. The summed E-state index contributed by atoms with van der Waals surface area (Å²) in [6, 6.07) is 7.25. The smallest absolute Gasteiger partial charge is 0.361 e. The average Bonchev–Trinajstić information content (AvgIpc) is 3.08. The molecule has 0 radical (unpaired) electrons. The number of methoxy groups -OCH3 is 1. The molecule has 0 spiro atoms. The molecule has 24 heavy (non-hydrogen) atoms. The number of esters is 1. The molecule has 0 saturated heterocycles. The molecule has 1 N–H and O–H groups in total. The molecule has 8 nitrogen and oxygen atoms in total. The van der Waals surface area contributed by atoms with Crippen LogP contribution in [0.2, 0.25) is 0 Å². The molecule has 0 fully saturated rings. The van der Waals surface area contributed by atoms with Crippen LogP contribution < -0.4 is 9.47 Å². The number of benzene rings is 1. The van der Waals surface area contributed by atoms with E-state index in [1.165, 1.54) is 7.11 Å². The number of nitrogens with one attached hydrogen (secondary N) is 1. The summed E-state index contributed by atoms with van der Waals surface area (Å²) < 4.78 is 15.9. The van der Waals surface area contributed by atoms with Crippen molar-refractivity contribution in [3.63, 3.8) is 0 Å². The maximum atomic E-state index is 11.9. The van der Waals surface area contributed by atoms with Crippen LogP contribution in [0.1, 0.15) is 30.3 Å². The fraction of sp³-hybridized carbons (Fsp3) is 0.375. The van der Waals surface area contributed by atoms with Gasteiger partial charge in [-0.1, -0.05) is 0 Å². The highest BCUT2D eigenvalue weighted by molar-refractivity contribution is 5.94. The summed E-state index contributed by atoms with van der Waals surface area (Å²) in [6.45, 7) is 2.36. The Hall–Kier alpha value is -3.08. The number of aromatic amines is 1. The molecule has 126 valence electrons. The first-order valence-corrected chi connectivity index (χ1v) is 7.47. The van der Waals surface area contributed by atoms with Gasteiger partial charge in [0.25, 0.3) is 0 Å². The Morgan fingerprint density at radius 2 is 2.17 bits per heavy atom. The fourth-order valence-electron chi connectivity index (χ4n) is 2.04. The Labute approximate surface area is 139 Å². The molecule has 0 saturated carbocycles. The zero-order valence-electron chi connectivity index (χ0n) is 13.5. The van der Waals surface area contributed by atoms with Gasteiger partial charge in [0.05, 0.1) is 26.4 Å². The summed E-state index contributed by atoms with van der Waals surface area (Å²) in [5.41, 5.74) is 1.12. The second kappa shape index (κ2) is 8.53. The van der Waals surface area contributed by atoms with Crippen LogP contribution in [0, 0.1) is 11.3 Å². The van der Waals surface area contributed by atoms with Crippen LogP contribution in [0.4, 0.5) is 0 Å². The van der Waals surface area contributed by atoms with Crippen LogP contribution in [0.5, 0.6) is 11.5 Å². The van der Waals surface area contributed by atoms with Gasteiger partial charge in [-0.2, -0.15) is 15.6 Å². The van der Waals surface area contributed by atoms with Crippen molar-refractivity contribution >= 4 is 5.97 Å². The second-order valence-corrected chi connectivity index (χ2v) is 4.72. The van der Waals surface area contributed by atoms with E-state index < -0.39 is 5.97 Å². The summed E-state index contributed by atoms with van der Waals surface area (Å²) in [5, 5.41) is 18.9. The summed E-state index contributed by atoms with van der Waals surface area (Å²) in [7, 11) is 1.54. The van der Waals surface area contributed by atoms with Crippen molar-refractivity contribution < 1.29 is 19.0 Å². The van der Waals surface area contributed by atoms with E-state index in [2.05, 4.69) is 21.5 Å². The minimum atomic E-state index is -0.548. The van der Waals surface area contributed by atoms with Gasteiger partial charge in [-0.05, 0) is 31.5 Å². The molecule has 0 amide bonds. The first-order valence-electron chi connectivity index (χ1n) is 7.47. The molecule has 2 rings (SSSR count). The third kappa shape index (κ3) is 4.01. The van der Waals surface area contributed by atoms with Crippen LogP contribution >= 0.6 is 0 Å². The lowest BCUT2D eigenvalue weighted by Gasteiger charge is -2.11. The highest BCUT2D eigenvalue weighted by atomic mass is 16.5. The zero-order valence-corrected chi connectivity index (χ0v) is 13.5. The number of rotatable bonds is 8. The minimum absolute atomic E-state index is 0.109. The first kappa shape index (κ1) is 17.3. The molecule has 0 aliphatic rings. The Balaban J connectivity index is 2.27. The van der Waals surface area contributed by atoms with Gasteiger partial charge in [0.15, 0.2) is 17.2 Å². The van der Waals surface area contributed by atoms with Crippen LogP contribution in [0.3, 0.4) is 0 Å². The molecule has 8 heteroatoms. The number of unbranched alkanes of at least 4 members (excludes halogenated alkanes) is 1. The van der Waals surface area contributed by atoms with E-state index in [-0.39, 0.29) is 12.3 Å². The number of carbonyl (C=O) groups excluding carboxylic acids is 1. The Morgan fingerprint density at radius 3 is 2.88 bits per heavy atom. The van der Waals surface area contributed by atoms with Crippen LogP contribution in [0.15, 0.2) is 18.2 Å². The van der Waals surface area contributed by atoms with Gasteiger partial charge < -0.3 is 14.2 Å². The van der Waals surface area contributed by atoms with Crippen molar-refractivity contribution in [2.24, 2.45) is 0 Å². The van der Waals surface area contributed by atoms with Crippen molar-refractivity contribution in [2.75, 3.05) is 20.3 Å². The maximum absolute atomic E-state index is 11.9. The highest BCUT2D eigenvalue weighted by Gasteiger charge is 2.20. The number of ether oxygens (including phenoxy) is 3. The van der Waals surface area contributed by atoms with Gasteiger partial charge in [0.2, 0.25) is 0 Å². The molecule has 0 unspecified atom stereocenters. The van der Waals surface area contributed by atoms with Gasteiger partial charge in [0, 0.05) is 12.0 Å². The number of aromatic nitrogens is 3. The molecule has 1 heterocycles. The van der Waals surface area contributed by atoms with E-state index in [0.717, 1.165) is 0 Å². The second-order valence-electron chi connectivity index (χ2n) is 4.72. The summed E-state index contributed by atoms with van der Waals surface area (Å²) >= 11 is 0. The zero-order chi connectivity index (χ0) is 17.4. The van der Waals surface area contributed by atoms with Gasteiger partial charge in [-0.3, -0.25) is 0 Å². The molecular weight excluding hydrogens is 312 g/mol. The molecule has 0 aliphatic carbocycles. The number of nitrogens with zero attached hydrogens (tertiary/aromatic N) is 3. The van der Waals surface area contributed by atoms with E-state index in [1.54, 1.807) is 25.1 Å². The van der Waals surface area contributed by atoms with Gasteiger partial charge in [-0.25, -0.2) is 4.79 Å². The maximum Gasteiger partial charge on any atom is 0.361 e. The lowest BCUT2D eigenvalue weighted by molar-refractivity contribution is 0.0520. The molecule has 0 bridgehead atoms. The summed E-state index contributed by atoms with van der Waals surface area (Å²) in [5.74, 6) is 0.510. The molecule has 1 aromatic carbocycles.